The second-order valence-corrected chi connectivity index (χ2v) is 7.81. The van der Waals surface area contributed by atoms with E-state index in [4.69, 9.17) is 0 Å². The zero-order valence-corrected chi connectivity index (χ0v) is 16.4. The minimum Gasteiger partial charge on any atom is -0.358 e. The highest BCUT2D eigenvalue weighted by Gasteiger charge is 2.36. The summed E-state index contributed by atoms with van der Waals surface area (Å²) in [6.07, 6.45) is 1.91. The summed E-state index contributed by atoms with van der Waals surface area (Å²) < 4.78 is 0. The summed E-state index contributed by atoms with van der Waals surface area (Å²) in [7, 11) is 4.08. The third-order valence-corrected chi connectivity index (χ3v) is 5.36. The van der Waals surface area contributed by atoms with Crippen molar-refractivity contribution in [2.24, 2.45) is 0 Å². The molecule has 0 unspecified atom stereocenters. The van der Waals surface area contributed by atoms with Gasteiger partial charge in [0.25, 0.3) is 5.91 Å². The van der Waals surface area contributed by atoms with Crippen LogP contribution in [-0.2, 0) is 17.9 Å². The fourth-order valence-electron chi connectivity index (χ4n) is 3.98. The highest BCUT2D eigenvalue weighted by molar-refractivity contribution is 6.06. The number of amides is 2. The molecule has 0 aromatic heterocycles. The van der Waals surface area contributed by atoms with Crippen molar-refractivity contribution < 1.29 is 9.59 Å². The molecule has 2 aromatic carbocycles. The maximum atomic E-state index is 12.6. The fourth-order valence-corrected chi connectivity index (χ4v) is 3.98. The van der Waals surface area contributed by atoms with Crippen LogP contribution in [0.15, 0.2) is 42.5 Å². The van der Waals surface area contributed by atoms with Crippen molar-refractivity contribution in [2.75, 3.05) is 30.9 Å². The lowest BCUT2D eigenvalue weighted by Gasteiger charge is -2.33. The smallest absolute Gasteiger partial charge is 0.251 e. The first-order valence-electron chi connectivity index (χ1n) is 9.73. The van der Waals surface area contributed by atoms with Crippen molar-refractivity contribution in [1.82, 2.24) is 10.2 Å². The molecule has 28 heavy (non-hydrogen) atoms. The molecule has 2 aromatic rings. The number of nitrogens with one attached hydrogen (secondary N) is 2. The van der Waals surface area contributed by atoms with Crippen LogP contribution in [0.5, 0.6) is 0 Å². The largest absolute Gasteiger partial charge is 0.358 e. The zero-order chi connectivity index (χ0) is 19.7. The predicted molar refractivity (Wildman–Crippen MR) is 110 cm³/mol. The number of nitrogens with zero attached hydrogens (tertiary/aromatic N) is 2. The fraction of sp³-hybridized carbons (Fsp3) is 0.364. The van der Waals surface area contributed by atoms with Gasteiger partial charge in [-0.3, -0.25) is 9.59 Å². The van der Waals surface area contributed by atoms with E-state index in [1.165, 1.54) is 5.56 Å². The van der Waals surface area contributed by atoms with E-state index in [0.717, 1.165) is 42.9 Å². The second kappa shape index (κ2) is 7.64. The highest BCUT2D eigenvalue weighted by atomic mass is 16.2. The lowest BCUT2D eigenvalue weighted by atomic mass is 10.1. The summed E-state index contributed by atoms with van der Waals surface area (Å²) in [6.45, 7) is 2.25. The molecule has 0 bridgehead atoms. The number of rotatable bonds is 5. The van der Waals surface area contributed by atoms with Crippen LogP contribution >= 0.6 is 0 Å². The van der Waals surface area contributed by atoms with E-state index in [2.05, 4.69) is 32.6 Å². The Hall–Kier alpha value is -2.86. The average molecular weight is 378 g/mol. The molecule has 2 heterocycles. The number of fused-ring (bicyclic) bond motifs is 3. The van der Waals surface area contributed by atoms with Crippen LogP contribution in [-0.4, -0.2) is 43.4 Å². The van der Waals surface area contributed by atoms with Crippen LogP contribution in [0.1, 0.15) is 34.3 Å². The Bertz CT molecular complexity index is 892. The number of anilines is 2. The number of benzene rings is 2. The molecule has 2 aliphatic rings. The van der Waals surface area contributed by atoms with Gasteiger partial charge in [0, 0.05) is 25.2 Å². The second-order valence-electron chi connectivity index (χ2n) is 7.81. The van der Waals surface area contributed by atoms with Crippen molar-refractivity contribution >= 4 is 23.2 Å². The van der Waals surface area contributed by atoms with Gasteiger partial charge in [0.05, 0.1) is 11.4 Å². The molecule has 1 fully saturated rings. The highest BCUT2D eigenvalue weighted by Crippen LogP contribution is 2.37. The van der Waals surface area contributed by atoms with Gasteiger partial charge in [-0.1, -0.05) is 24.3 Å². The van der Waals surface area contributed by atoms with Gasteiger partial charge >= 0.3 is 0 Å². The van der Waals surface area contributed by atoms with Crippen LogP contribution in [0.4, 0.5) is 11.4 Å². The Morgan fingerprint density at radius 1 is 1.18 bits per heavy atom. The number of hydrogen-bond acceptors (Lipinski definition) is 4. The molecule has 0 radical (unpaired) electrons. The first kappa shape index (κ1) is 18.5. The first-order valence-corrected chi connectivity index (χ1v) is 9.73. The summed E-state index contributed by atoms with van der Waals surface area (Å²) in [5.41, 5.74) is 4.59. The van der Waals surface area contributed by atoms with Gasteiger partial charge in [-0.15, -0.1) is 0 Å². The van der Waals surface area contributed by atoms with E-state index in [9.17, 15) is 9.59 Å². The van der Waals surface area contributed by atoms with Gasteiger partial charge in [-0.05, 0) is 56.3 Å². The molecule has 0 aliphatic carbocycles. The predicted octanol–water partition coefficient (Wildman–Crippen LogP) is 2.60. The van der Waals surface area contributed by atoms with Crippen molar-refractivity contribution in [2.45, 2.75) is 32.0 Å². The van der Waals surface area contributed by atoms with Crippen molar-refractivity contribution in [1.29, 1.82) is 0 Å². The average Bonchev–Trinajstić information content (AvgIpc) is 3.17. The van der Waals surface area contributed by atoms with E-state index >= 15 is 0 Å². The third-order valence-electron chi connectivity index (χ3n) is 5.36. The molecule has 146 valence electrons. The molecular formula is C22H26N4O2. The molecule has 0 saturated carbocycles. The molecule has 2 N–H and O–H groups in total. The van der Waals surface area contributed by atoms with E-state index in [-0.39, 0.29) is 17.9 Å². The van der Waals surface area contributed by atoms with E-state index in [1.807, 2.05) is 38.4 Å². The van der Waals surface area contributed by atoms with E-state index in [0.29, 0.717) is 12.1 Å². The van der Waals surface area contributed by atoms with Gasteiger partial charge in [0.2, 0.25) is 5.91 Å². The minimum absolute atomic E-state index is 0.0281. The number of hydrogen-bond donors (Lipinski definition) is 2. The summed E-state index contributed by atoms with van der Waals surface area (Å²) in [5, 5.41) is 5.92. The Labute approximate surface area is 165 Å². The summed E-state index contributed by atoms with van der Waals surface area (Å²) in [6, 6.07) is 13.7. The molecule has 1 saturated heterocycles. The molecular weight excluding hydrogens is 352 g/mol. The van der Waals surface area contributed by atoms with Gasteiger partial charge in [-0.2, -0.15) is 0 Å². The number of carbonyl (C=O) groups is 2. The molecule has 6 heteroatoms. The van der Waals surface area contributed by atoms with E-state index in [1.54, 1.807) is 6.07 Å². The van der Waals surface area contributed by atoms with Crippen LogP contribution in [0, 0.1) is 0 Å². The molecule has 6 nitrogen and oxygen atoms in total. The van der Waals surface area contributed by atoms with Crippen molar-refractivity contribution in [3.8, 4) is 0 Å². The van der Waals surface area contributed by atoms with Gasteiger partial charge in [0.1, 0.15) is 6.04 Å². The normalized spacial score (nSPS) is 17.9. The van der Waals surface area contributed by atoms with Gasteiger partial charge in [0.15, 0.2) is 0 Å². The van der Waals surface area contributed by atoms with Gasteiger partial charge in [-0.25, -0.2) is 0 Å². The van der Waals surface area contributed by atoms with Crippen LogP contribution < -0.4 is 15.5 Å². The quantitative estimate of drug-likeness (QED) is 0.839. The Balaban J connectivity index is 1.42. The Morgan fingerprint density at radius 3 is 2.68 bits per heavy atom. The van der Waals surface area contributed by atoms with Crippen molar-refractivity contribution in [3.05, 3.63) is 59.2 Å². The van der Waals surface area contributed by atoms with Crippen LogP contribution in [0.25, 0.3) is 0 Å². The standard InChI is InChI=1S/C22H26N4O2/c1-25(2)14-16-7-5-15(6-8-16)13-23-21(27)17-9-10-19-18(12-17)24-22(28)20-4-3-11-26(19)20/h5-10,12,20H,3-4,11,13-14H2,1-2H3,(H,23,27)(H,24,28)/t20-/m0/s1. The van der Waals surface area contributed by atoms with Crippen LogP contribution in [0.2, 0.25) is 0 Å². The van der Waals surface area contributed by atoms with Crippen molar-refractivity contribution in [3.63, 3.8) is 0 Å². The lowest BCUT2D eigenvalue weighted by Crippen LogP contribution is -2.44. The van der Waals surface area contributed by atoms with E-state index < -0.39 is 0 Å². The molecule has 2 aliphatic heterocycles. The third kappa shape index (κ3) is 3.73. The van der Waals surface area contributed by atoms with Gasteiger partial charge < -0.3 is 20.4 Å². The van der Waals surface area contributed by atoms with Crippen LogP contribution in [0.3, 0.4) is 0 Å². The monoisotopic (exact) mass is 378 g/mol. The molecule has 1 atom stereocenters. The first-order chi connectivity index (χ1) is 13.5. The Morgan fingerprint density at radius 2 is 1.93 bits per heavy atom. The molecule has 4 rings (SSSR count). The SMILES string of the molecule is CN(C)Cc1ccc(CNC(=O)c2ccc3c(c2)NC(=O)[C@@H]2CCCN32)cc1. The summed E-state index contributed by atoms with van der Waals surface area (Å²) in [5.74, 6) is -0.113. The zero-order valence-electron chi connectivity index (χ0n) is 16.4. The topological polar surface area (TPSA) is 64.7 Å². The molecule has 0 spiro atoms. The maximum Gasteiger partial charge on any atom is 0.251 e. The minimum atomic E-state index is -0.141. The maximum absolute atomic E-state index is 12.6. The summed E-state index contributed by atoms with van der Waals surface area (Å²) >= 11 is 0. The Kier molecular flexibility index (Phi) is 5.05. The number of carbonyl (C=O) groups excluding carboxylic acids is 2. The summed E-state index contributed by atoms with van der Waals surface area (Å²) in [4.78, 5) is 29.1. The molecule has 2 amide bonds. The lowest BCUT2D eigenvalue weighted by molar-refractivity contribution is -0.117.